The molecular formula is C37H56Br2N6O6. The summed E-state index contributed by atoms with van der Waals surface area (Å²) < 4.78 is 4.56. The van der Waals surface area contributed by atoms with Gasteiger partial charge in [0.2, 0.25) is 0 Å². The highest BCUT2D eigenvalue weighted by molar-refractivity contribution is 5.39. The number of nitro groups is 2. The summed E-state index contributed by atoms with van der Waals surface area (Å²) in [6, 6.07) is 15.5. The van der Waals surface area contributed by atoms with Gasteiger partial charge < -0.3 is 42.9 Å². The smallest absolute Gasteiger partial charge is 0.331 e. The maximum absolute atomic E-state index is 13.4. The topological polar surface area (TPSA) is 130 Å². The second-order valence-corrected chi connectivity index (χ2v) is 13.3. The third-order valence-electron chi connectivity index (χ3n) is 10.6. The number of nitrogens with zero attached hydrogens (tertiary/aromatic N) is 6. The van der Waals surface area contributed by atoms with Crippen molar-refractivity contribution in [2.45, 2.75) is 99.3 Å². The molecule has 0 radical (unpaired) electrons. The molecule has 0 aliphatic carbocycles. The molecule has 51 heavy (non-hydrogen) atoms. The summed E-state index contributed by atoms with van der Waals surface area (Å²) in [6.07, 6.45) is 5.07. The minimum Gasteiger partial charge on any atom is -1.00 e. The van der Waals surface area contributed by atoms with Gasteiger partial charge in [-0.1, -0.05) is 24.3 Å². The van der Waals surface area contributed by atoms with Crippen LogP contribution in [-0.2, 0) is 26.2 Å². The molecule has 0 aliphatic heterocycles. The fraction of sp³-hybridized carbons (Fsp3) is 0.568. The highest BCUT2D eigenvalue weighted by Gasteiger charge is 2.28. The minimum absolute atomic E-state index is 0. The van der Waals surface area contributed by atoms with Crippen LogP contribution in [0.25, 0.3) is 0 Å². The molecule has 0 aliphatic rings. The first-order valence-corrected chi connectivity index (χ1v) is 17.9. The van der Waals surface area contributed by atoms with Crippen molar-refractivity contribution < 1.29 is 52.8 Å². The highest BCUT2D eigenvalue weighted by Crippen LogP contribution is 2.25. The zero-order chi connectivity index (χ0) is 36.0. The number of nitro benzene ring substituents is 2. The fourth-order valence-electron chi connectivity index (χ4n) is 7.04. The van der Waals surface area contributed by atoms with Crippen molar-refractivity contribution in [3.63, 3.8) is 0 Å². The molecule has 3 aromatic rings. The molecule has 0 bridgehead atoms. The largest absolute Gasteiger partial charge is 1.00 e. The van der Waals surface area contributed by atoms with E-state index in [4.69, 9.17) is 0 Å². The molecule has 0 spiro atoms. The average molecular weight is 841 g/mol. The van der Waals surface area contributed by atoms with Crippen molar-refractivity contribution in [2.24, 2.45) is 0 Å². The molecule has 0 fully saturated rings. The van der Waals surface area contributed by atoms with Gasteiger partial charge in [0.25, 0.3) is 16.9 Å². The number of aromatic nitrogens is 2. The molecule has 12 nitrogen and oxygen atoms in total. The van der Waals surface area contributed by atoms with Gasteiger partial charge in [-0.2, -0.15) is 0 Å². The Hall–Kier alpha value is -3.20. The summed E-state index contributed by atoms with van der Waals surface area (Å²) in [5.74, 6) is 0. The number of para-hydroxylation sites is 2. The first-order valence-electron chi connectivity index (χ1n) is 17.9. The van der Waals surface area contributed by atoms with Crippen LogP contribution in [-0.4, -0.2) is 67.2 Å². The lowest BCUT2D eigenvalue weighted by Crippen LogP contribution is -3.00. The standard InChI is InChI=1S/C37H56N6O6.2BrH/c1-6-42(7-2,29-32-20-12-14-22-34(32)40(46)47)26-18-10-16-24-38-31(5)28-36(44)39(37(38)45)25-17-11-19-27-43(8-3,9-4)30-33-21-13-15-23-35(33)41(48)49;;/h12-15,20-23,28H,6-11,16-19,24-27,29-30H2,1-5H3;2*1H/q+2;;/p-2. The van der Waals surface area contributed by atoms with Gasteiger partial charge in [0.15, 0.2) is 0 Å². The van der Waals surface area contributed by atoms with E-state index in [0.717, 1.165) is 91.5 Å². The normalized spacial score (nSPS) is 11.5. The first kappa shape index (κ1) is 45.8. The van der Waals surface area contributed by atoms with Crippen molar-refractivity contribution in [1.82, 2.24) is 9.13 Å². The predicted molar refractivity (Wildman–Crippen MR) is 193 cm³/mol. The monoisotopic (exact) mass is 838 g/mol. The number of rotatable bonds is 22. The molecule has 284 valence electrons. The van der Waals surface area contributed by atoms with Gasteiger partial charge in [-0.25, -0.2) is 4.79 Å². The number of halogens is 2. The SMILES string of the molecule is CC[N+](CC)(CCCCCn1c(C)cc(=O)n(CCCCC[N+](CC)(CC)Cc2ccccc2[N+](=O)[O-])c1=O)Cc1ccccc1[N+](=O)[O-].[Br-].[Br-]. The Morgan fingerprint density at radius 3 is 1.39 bits per heavy atom. The van der Waals surface area contributed by atoms with Crippen molar-refractivity contribution >= 4 is 11.4 Å². The number of hydrogen-bond donors (Lipinski definition) is 0. The number of benzene rings is 2. The molecule has 0 N–H and O–H groups in total. The van der Waals surface area contributed by atoms with E-state index in [0.29, 0.717) is 38.3 Å². The predicted octanol–water partition coefficient (Wildman–Crippen LogP) is 0.597. The molecule has 1 heterocycles. The van der Waals surface area contributed by atoms with Crippen molar-refractivity contribution in [3.05, 3.63) is 112 Å². The van der Waals surface area contributed by atoms with Gasteiger partial charge in [0, 0.05) is 37.0 Å². The van der Waals surface area contributed by atoms with Crippen LogP contribution >= 0.6 is 0 Å². The van der Waals surface area contributed by atoms with Crippen LogP contribution < -0.4 is 45.2 Å². The molecule has 3 rings (SSSR count). The molecule has 1 aromatic heterocycles. The van der Waals surface area contributed by atoms with Crippen LogP contribution in [0.3, 0.4) is 0 Å². The van der Waals surface area contributed by atoms with E-state index < -0.39 is 0 Å². The summed E-state index contributed by atoms with van der Waals surface area (Å²) in [6.45, 7) is 17.6. The lowest BCUT2D eigenvalue weighted by atomic mass is 10.1. The lowest BCUT2D eigenvalue weighted by Gasteiger charge is -2.37. The molecule has 0 amide bonds. The van der Waals surface area contributed by atoms with Gasteiger partial charge in [0.1, 0.15) is 13.1 Å². The molecular weight excluding hydrogens is 784 g/mol. The highest BCUT2D eigenvalue weighted by atomic mass is 79.9. The number of aryl methyl sites for hydroxylation is 1. The number of unbranched alkanes of at least 4 members (excludes halogenated alkanes) is 4. The molecule has 2 aromatic carbocycles. The van der Waals surface area contributed by atoms with Gasteiger partial charge in [-0.3, -0.25) is 34.2 Å². The maximum atomic E-state index is 13.4. The summed E-state index contributed by atoms with van der Waals surface area (Å²) in [5.41, 5.74) is 1.96. The second-order valence-electron chi connectivity index (χ2n) is 13.3. The van der Waals surface area contributed by atoms with Crippen LogP contribution in [0.4, 0.5) is 11.4 Å². The summed E-state index contributed by atoms with van der Waals surface area (Å²) in [7, 11) is 0. The van der Waals surface area contributed by atoms with Gasteiger partial charge in [0.05, 0.1) is 60.2 Å². The molecule has 14 heteroatoms. The summed E-state index contributed by atoms with van der Waals surface area (Å²) >= 11 is 0. The van der Waals surface area contributed by atoms with Crippen molar-refractivity contribution in [2.75, 3.05) is 39.3 Å². The van der Waals surface area contributed by atoms with E-state index in [1.807, 2.05) is 24.3 Å². The van der Waals surface area contributed by atoms with E-state index in [1.54, 1.807) is 41.8 Å². The van der Waals surface area contributed by atoms with Crippen LogP contribution in [0.1, 0.15) is 83.0 Å². The van der Waals surface area contributed by atoms with Crippen molar-refractivity contribution in [3.8, 4) is 0 Å². The quantitative estimate of drug-likeness (QED) is 0.0631. The molecule has 0 atom stereocenters. The Morgan fingerprint density at radius 2 is 1.00 bits per heavy atom. The summed E-state index contributed by atoms with van der Waals surface area (Å²) in [5, 5.41) is 23.2. The van der Waals surface area contributed by atoms with Gasteiger partial charge in [-0.15, -0.1) is 0 Å². The van der Waals surface area contributed by atoms with E-state index in [2.05, 4.69) is 27.7 Å². The Morgan fingerprint density at radius 1 is 0.608 bits per heavy atom. The van der Waals surface area contributed by atoms with Gasteiger partial charge >= 0.3 is 5.69 Å². The zero-order valence-electron chi connectivity index (χ0n) is 30.9. The second kappa shape index (κ2) is 22.0. The van der Waals surface area contributed by atoms with Crippen LogP contribution in [0.5, 0.6) is 0 Å². The van der Waals surface area contributed by atoms with Crippen LogP contribution in [0.15, 0.2) is 64.2 Å². The number of hydrogen-bond acceptors (Lipinski definition) is 6. The Bertz CT molecular complexity index is 1670. The van der Waals surface area contributed by atoms with Crippen LogP contribution in [0.2, 0.25) is 0 Å². The van der Waals surface area contributed by atoms with E-state index >= 15 is 0 Å². The minimum atomic E-state index is -0.311. The number of quaternary nitrogens is 2. The molecule has 0 saturated heterocycles. The van der Waals surface area contributed by atoms with Crippen LogP contribution in [0, 0.1) is 27.2 Å². The van der Waals surface area contributed by atoms with E-state index in [1.165, 1.54) is 4.57 Å². The first-order chi connectivity index (χ1) is 23.4. The maximum Gasteiger partial charge on any atom is 0.331 e. The van der Waals surface area contributed by atoms with Gasteiger partial charge in [-0.05, 0) is 85.3 Å². The lowest BCUT2D eigenvalue weighted by molar-refractivity contribution is -0.938. The molecule has 0 unspecified atom stereocenters. The average Bonchev–Trinajstić information content (AvgIpc) is 3.09. The molecule has 0 saturated carbocycles. The third kappa shape index (κ3) is 12.5. The zero-order valence-corrected chi connectivity index (χ0v) is 34.1. The Labute approximate surface area is 323 Å². The Balaban J connectivity index is 0.00000650. The van der Waals surface area contributed by atoms with E-state index in [9.17, 15) is 29.8 Å². The third-order valence-corrected chi connectivity index (χ3v) is 10.6. The summed E-state index contributed by atoms with van der Waals surface area (Å²) in [4.78, 5) is 48.8. The van der Waals surface area contributed by atoms with E-state index in [-0.39, 0.29) is 66.4 Å². The Kier molecular flexibility index (Phi) is 19.8. The van der Waals surface area contributed by atoms with Crippen molar-refractivity contribution in [1.29, 1.82) is 0 Å². The fourth-order valence-corrected chi connectivity index (χ4v) is 7.04.